The van der Waals surface area contributed by atoms with Crippen molar-refractivity contribution >= 4 is 46.4 Å². The van der Waals surface area contributed by atoms with Crippen molar-refractivity contribution in [3.63, 3.8) is 0 Å². The molecule has 0 aliphatic carbocycles. The molecule has 5 atom stereocenters. The van der Waals surface area contributed by atoms with Gasteiger partial charge < -0.3 is 27.2 Å². The van der Waals surface area contributed by atoms with Crippen LogP contribution in [-0.2, 0) is 10.3 Å². The molecular weight excluding hydrogens is 581 g/mol. The number of hydrogen-bond acceptors (Lipinski definition) is 5. The first kappa shape index (κ1) is 30.7. The topological polar surface area (TPSA) is 113 Å². The molecule has 3 aromatic rings. The third-order valence-electron chi connectivity index (χ3n) is 7.21. The van der Waals surface area contributed by atoms with Crippen molar-refractivity contribution in [1.82, 2.24) is 5.32 Å². The number of benzene rings is 3. The molecule has 1 saturated heterocycles. The Morgan fingerprint density at radius 3 is 2.40 bits per heavy atom. The van der Waals surface area contributed by atoms with Crippen molar-refractivity contribution in [3.8, 4) is 0 Å². The summed E-state index contributed by atoms with van der Waals surface area (Å²) in [5.74, 6) is -3.07. The largest absolute Gasteiger partial charge is 0.374 e. The lowest BCUT2D eigenvalue weighted by Crippen LogP contribution is -2.52. The van der Waals surface area contributed by atoms with Gasteiger partial charge in [0, 0.05) is 38.8 Å². The Morgan fingerprint density at radius 2 is 1.80 bits per heavy atom. The molecule has 0 bridgehead atoms. The fraction of sp³-hybridized carbons (Fsp3) is 0.345. The van der Waals surface area contributed by atoms with Gasteiger partial charge in [-0.2, -0.15) is 0 Å². The maximum absolute atomic E-state index is 15.7. The molecule has 1 fully saturated rings. The molecule has 1 unspecified atom stereocenters. The third-order valence-corrected chi connectivity index (χ3v) is 8.06. The molecular formula is C29H31Cl3F2N4O2. The number of hydrogen-bond donors (Lipinski definition) is 5. The summed E-state index contributed by atoms with van der Waals surface area (Å²) < 4.78 is 31.3. The molecule has 1 amide bonds. The van der Waals surface area contributed by atoms with Gasteiger partial charge in [0.15, 0.2) is 0 Å². The number of carbonyl (C=O) groups excluding carboxylic acids is 1. The Hall–Kier alpha value is -2.30. The molecule has 0 aromatic heterocycles. The van der Waals surface area contributed by atoms with Crippen LogP contribution >= 0.6 is 34.8 Å². The van der Waals surface area contributed by atoms with Gasteiger partial charge in [0.05, 0.1) is 16.6 Å². The Balaban J connectivity index is 1.88. The van der Waals surface area contributed by atoms with E-state index in [0.717, 1.165) is 6.07 Å². The van der Waals surface area contributed by atoms with Gasteiger partial charge in [-0.05, 0) is 47.7 Å². The quantitative estimate of drug-likeness (QED) is 0.212. The lowest BCUT2D eigenvalue weighted by atomic mass is 9.68. The summed E-state index contributed by atoms with van der Waals surface area (Å²) >= 11 is 18.5. The number of amides is 1. The predicted octanol–water partition coefficient (Wildman–Crippen LogP) is 6.23. The number of nitrogens with one attached hydrogen (secondary N) is 2. The van der Waals surface area contributed by atoms with Gasteiger partial charge in [0.1, 0.15) is 17.9 Å². The van der Waals surface area contributed by atoms with E-state index >= 15 is 8.78 Å². The van der Waals surface area contributed by atoms with Gasteiger partial charge in [-0.15, -0.1) is 0 Å². The van der Waals surface area contributed by atoms with Gasteiger partial charge in [-0.25, -0.2) is 8.78 Å². The molecule has 4 rings (SSSR count). The first-order valence-electron chi connectivity index (χ1n) is 12.6. The van der Waals surface area contributed by atoms with Crippen LogP contribution in [-0.4, -0.2) is 23.1 Å². The van der Waals surface area contributed by atoms with E-state index in [0.29, 0.717) is 12.1 Å². The molecule has 1 aliphatic heterocycles. The number of rotatable bonds is 6. The SMILES string of the molecule is CC(C)(C)C[C@@H]1N[C@@H](C(=O)Nc2ccc(C(N)O)c(Cl)c2)[C@H](c2cccc(Cl)c2F)[C@@]1(N)c1ccc(Cl)cc1F. The van der Waals surface area contributed by atoms with Crippen LogP contribution in [0, 0.1) is 17.0 Å². The molecule has 0 saturated carbocycles. The second-order valence-electron chi connectivity index (χ2n) is 11.3. The fourth-order valence-corrected chi connectivity index (χ4v) is 6.10. The monoisotopic (exact) mass is 610 g/mol. The molecule has 1 heterocycles. The highest BCUT2D eigenvalue weighted by atomic mass is 35.5. The van der Waals surface area contributed by atoms with E-state index in [1.165, 1.54) is 42.5 Å². The number of nitrogens with two attached hydrogens (primary N) is 2. The molecule has 3 aromatic carbocycles. The average molecular weight is 612 g/mol. The minimum absolute atomic E-state index is 0.0630. The van der Waals surface area contributed by atoms with Gasteiger partial charge in [0.25, 0.3) is 0 Å². The number of carbonyl (C=O) groups is 1. The van der Waals surface area contributed by atoms with Gasteiger partial charge in [-0.1, -0.05) is 79.8 Å². The van der Waals surface area contributed by atoms with Crippen molar-refractivity contribution in [2.45, 2.75) is 57.0 Å². The first-order valence-corrected chi connectivity index (χ1v) is 13.7. The van der Waals surface area contributed by atoms with Crippen LogP contribution < -0.4 is 22.1 Å². The smallest absolute Gasteiger partial charge is 0.242 e. The van der Waals surface area contributed by atoms with E-state index in [-0.39, 0.29) is 37.2 Å². The molecule has 11 heteroatoms. The maximum atomic E-state index is 15.7. The van der Waals surface area contributed by atoms with Crippen LogP contribution in [0.4, 0.5) is 14.5 Å². The van der Waals surface area contributed by atoms with Crippen molar-refractivity contribution < 1.29 is 18.7 Å². The lowest BCUT2D eigenvalue weighted by molar-refractivity contribution is -0.118. The van der Waals surface area contributed by atoms with E-state index in [1.54, 1.807) is 6.07 Å². The van der Waals surface area contributed by atoms with Crippen LogP contribution in [0.3, 0.4) is 0 Å². The first-order chi connectivity index (χ1) is 18.6. The average Bonchev–Trinajstić information content (AvgIpc) is 3.12. The minimum Gasteiger partial charge on any atom is -0.374 e. The zero-order chi connectivity index (χ0) is 29.6. The van der Waals surface area contributed by atoms with E-state index in [4.69, 9.17) is 46.3 Å². The van der Waals surface area contributed by atoms with Crippen LogP contribution in [0.2, 0.25) is 15.1 Å². The highest BCUT2D eigenvalue weighted by molar-refractivity contribution is 6.32. The summed E-state index contributed by atoms with van der Waals surface area (Å²) in [6.45, 7) is 5.97. The Labute approximate surface area is 247 Å². The van der Waals surface area contributed by atoms with Crippen LogP contribution in [0.1, 0.15) is 56.0 Å². The van der Waals surface area contributed by atoms with Crippen molar-refractivity contribution in [3.05, 3.63) is 98.0 Å². The highest BCUT2D eigenvalue weighted by Gasteiger charge is 2.58. The minimum atomic E-state index is -1.60. The molecule has 0 spiro atoms. The van der Waals surface area contributed by atoms with Crippen LogP contribution in [0.15, 0.2) is 54.6 Å². The second-order valence-corrected chi connectivity index (χ2v) is 12.6. The second kappa shape index (κ2) is 11.5. The summed E-state index contributed by atoms with van der Waals surface area (Å²) in [5.41, 5.74) is 11.5. The van der Waals surface area contributed by atoms with Gasteiger partial charge >= 0.3 is 0 Å². The molecule has 40 heavy (non-hydrogen) atoms. The number of aliphatic hydroxyl groups is 1. The molecule has 0 radical (unpaired) electrons. The predicted molar refractivity (Wildman–Crippen MR) is 155 cm³/mol. The highest BCUT2D eigenvalue weighted by Crippen LogP contribution is 2.50. The summed E-state index contributed by atoms with van der Waals surface area (Å²) in [5, 5.41) is 15.9. The van der Waals surface area contributed by atoms with E-state index in [1.807, 2.05) is 20.8 Å². The number of aliphatic hydroxyl groups excluding tert-OH is 1. The maximum Gasteiger partial charge on any atom is 0.242 e. The molecule has 6 nitrogen and oxygen atoms in total. The normalized spacial score (nSPS) is 23.7. The standard InChI is InChI=1S/C29H31Cl3F2N4O2/c1-28(2,3)13-22-29(36,18-10-7-14(30)11-21(18)33)23(17-5-4-6-19(31)24(17)34)25(38-22)27(40)37-15-8-9-16(26(35)39)20(32)12-15/h4-12,22-23,25-26,38-39H,13,35-36H2,1-3H3,(H,37,40)/t22-,23-,25+,26?,29+/m0/s1. The molecule has 214 valence electrons. The Bertz CT molecular complexity index is 1430. The van der Waals surface area contributed by atoms with Gasteiger partial charge in [-0.3, -0.25) is 4.79 Å². The Kier molecular flexibility index (Phi) is 8.83. The van der Waals surface area contributed by atoms with E-state index in [2.05, 4.69) is 10.6 Å². The summed E-state index contributed by atoms with van der Waals surface area (Å²) in [6.07, 6.45) is -0.877. The van der Waals surface area contributed by atoms with Crippen LogP contribution in [0.25, 0.3) is 0 Å². The number of halogens is 5. The third kappa shape index (κ3) is 5.99. The van der Waals surface area contributed by atoms with Crippen molar-refractivity contribution in [2.75, 3.05) is 5.32 Å². The molecule has 7 N–H and O–H groups in total. The van der Waals surface area contributed by atoms with Crippen molar-refractivity contribution in [1.29, 1.82) is 0 Å². The molecule has 1 aliphatic rings. The Morgan fingerprint density at radius 1 is 1.10 bits per heavy atom. The number of anilines is 1. The van der Waals surface area contributed by atoms with Crippen LogP contribution in [0.5, 0.6) is 0 Å². The van der Waals surface area contributed by atoms with E-state index < -0.39 is 47.3 Å². The zero-order valence-electron chi connectivity index (χ0n) is 22.1. The zero-order valence-corrected chi connectivity index (χ0v) is 24.4. The van der Waals surface area contributed by atoms with Gasteiger partial charge in [0.2, 0.25) is 5.91 Å². The van der Waals surface area contributed by atoms with E-state index in [9.17, 15) is 9.90 Å². The lowest BCUT2D eigenvalue weighted by Gasteiger charge is -2.40. The summed E-state index contributed by atoms with van der Waals surface area (Å²) in [4.78, 5) is 13.9. The summed E-state index contributed by atoms with van der Waals surface area (Å²) in [6, 6.07) is 11.2. The summed E-state index contributed by atoms with van der Waals surface area (Å²) in [7, 11) is 0. The van der Waals surface area contributed by atoms with Crippen molar-refractivity contribution in [2.24, 2.45) is 16.9 Å². The fourth-order valence-electron chi connectivity index (χ4n) is 5.47.